The van der Waals surface area contributed by atoms with Crippen LogP contribution in [0, 0.1) is 0 Å². The van der Waals surface area contributed by atoms with Gasteiger partial charge in [0.1, 0.15) is 0 Å². The summed E-state index contributed by atoms with van der Waals surface area (Å²) in [6, 6.07) is 16.4. The van der Waals surface area contributed by atoms with Gasteiger partial charge >= 0.3 is 0 Å². The van der Waals surface area contributed by atoms with Crippen LogP contribution in [0.15, 0.2) is 53.5 Å². The predicted molar refractivity (Wildman–Crippen MR) is 138 cm³/mol. The average Bonchev–Trinajstić information content (AvgIpc) is 3.18. The third-order valence-electron chi connectivity index (χ3n) is 5.97. The quantitative estimate of drug-likeness (QED) is 0.337. The molecule has 2 saturated heterocycles. The van der Waals surface area contributed by atoms with E-state index in [9.17, 15) is 5.11 Å². The number of nitrogens with zero attached hydrogens (tertiary/aromatic N) is 4. The minimum absolute atomic E-state index is 0. The minimum atomic E-state index is -0.197. The van der Waals surface area contributed by atoms with Crippen LogP contribution in [0.4, 0.5) is 5.69 Å². The summed E-state index contributed by atoms with van der Waals surface area (Å²) >= 11 is 5.99. The molecule has 0 aliphatic carbocycles. The summed E-state index contributed by atoms with van der Waals surface area (Å²) in [4.78, 5) is 11.5. The highest BCUT2D eigenvalue weighted by molar-refractivity contribution is 14.0. The van der Waals surface area contributed by atoms with Crippen molar-refractivity contribution >= 4 is 47.2 Å². The molecule has 2 aliphatic heterocycles. The van der Waals surface area contributed by atoms with Crippen molar-refractivity contribution in [3.63, 3.8) is 0 Å². The molecule has 0 saturated carbocycles. The number of aliphatic hydroxyl groups excluding tert-OH is 1. The van der Waals surface area contributed by atoms with Gasteiger partial charge in [0.15, 0.2) is 5.96 Å². The Balaban J connectivity index is 0.00000272. The van der Waals surface area contributed by atoms with E-state index >= 15 is 0 Å². The topological polar surface area (TPSA) is 68.3 Å². The molecule has 4 rings (SSSR count). The molecule has 3 N–H and O–H groups in total. The second kappa shape index (κ2) is 11.4. The maximum Gasteiger partial charge on any atom is 0.191 e. The van der Waals surface area contributed by atoms with Gasteiger partial charge in [-0.25, -0.2) is 4.99 Å². The smallest absolute Gasteiger partial charge is 0.191 e. The molecule has 0 bridgehead atoms. The van der Waals surface area contributed by atoms with E-state index in [4.69, 9.17) is 22.3 Å². The van der Waals surface area contributed by atoms with Crippen LogP contribution in [0.3, 0.4) is 0 Å². The molecule has 8 heteroatoms. The zero-order valence-electron chi connectivity index (χ0n) is 17.7. The molecule has 2 aromatic carbocycles. The molecule has 168 valence electrons. The van der Waals surface area contributed by atoms with Gasteiger partial charge in [-0.3, -0.25) is 4.90 Å². The van der Waals surface area contributed by atoms with Crippen molar-refractivity contribution in [2.45, 2.75) is 25.6 Å². The molecule has 2 heterocycles. The zero-order chi connectivity index (χ0) is 20.9. The molecule has 1 atom stereocenters. The van der Waals surface area contributed by atoms with Crippen molar-refractivity contribution in [3.8, 4) is 0 Å². The molecule has 0 spiro atoms. The van der Waals surface area contributed by atoms with E-state index in [-0.39, 0.29) is 30.1 Å². The van der Waals surface area contributed by atoms with E-state index in [0.29, 0.717) is 12.5 Å². The first-order chi connectivity index (χ1) is 14.6. The highest BCUT2D eigenvalue weighted by Crippen LogP contribution is 2.20. The standard InChI is InChI=1S/C23H30ClN5O.HI/c24-20-5-7-21(8-6-20)28-11-13-29(14-12-28)23(25)26-15-18-3-1-2-4-19(18)16-27-10-9-22(30)17-27;/h1-8,22,30H,9-17H2,(H2,25,26);1H. The van der Waals surface area contributed by atoms with Crippen molar-refractivity contribution in [1.29, 1.82) is 0 Å². The Morgan fingerprint density at radius 2 is 1.68 bits per heavy atom. The van der Waals surface area contributed by atoms with Gasteiger partial charge in [0, 0.05) is 56.5 Å². The first-order valence-electron chi connectivity index (χ1n) is 10.6. The Labute approximate surface area is 206 Å². The molecular formula is C23H31ClIN5O. The Morgan fingerprint density at radius 3 is 2.32 bits per heavy atom. The van der Waals surface area contributed by atoms with Gasteiger partial charge in [0.25, 0.3) is 0 Å². The number of nitrogens with two attached hydrogens (primary N) is 1. The number of anilines is 1. The Hall–Kier alpha value is -1.55. The van der Waals surface area contributed by atoms with Crippen LogP contribution in [0.25, 0.3) is 0 Å². The number of halogens is 2. The summed E-state index contributed by atoms with van der Waals surface area (Å²) in [5, 5.41) is 10.5. The SMILES string of the molecule is I.NC(=NCc1ccccc1CN1CCC(O)C1)N1CCN(c2ccc(Cl)cc2)CC1. The maximum atomic E-state index is 9.78. The maximum absolute atomic E-state index is 9.78. The number of β-amino-alcohol motifs (C(OH)–C–C–N with tert-alkyl or cyclic N) is 1. The lowest BCUT2D eigenvalue weighted by molar-refractivity contribution is 0.174. The van der Waals surface area contributed by atoms with Crippen molar-refractivity contribution < 1.29 is 5.11 Å². The molecule has 0 aromatic heterocycles. The number of benzene rings is 2. The second-order valence-corrected chi connectivity index (χ2v) is 8.51. The monoisotopic (exact) mass is 555 g/mol. The molecule has 1 unspecified atom stereocenters. The molecule has 2 fully saturated rings. The van der Waals surface area contributed by atoms with Gasteiger partial charge < -0.3 is 20.6 Å². The van der Waals surface area contributed by atoms with Crippen LogP contribution in [0.5, 0.6) is 0 Å². The van der Waals surface area contributed by atoms with Crippen molar-refractivity contribution in [2.75, 3.05) is 44.2 Å². The number of piperazine rings is 1. The Morgan fingerprint density at radius 1 is 1.00 bits per heavy atom. The van der Waals surface area contributed by atoms with Crippen LogP contribution in [-0.4, -0.2) is 66.2 Å². The second-order valence-electron chi connectivity index (χ2n) is 8.07. The Bertz CT molecular complexity index is 871. The summed E-state index contributed by atoms with van der Waals surface area (Å²) in [5.74, 6) is 0.608. The fourth-order valence-electron chi connectivity index (χ4n) is 4.17. The molecule has 2 aromatic rings. The fourth-order valence-corrected chi connectivity index (χ4v) is 4.30. The average molecular weight is 556 g/mol. The number of rotatable bonds is 5. The van der Waals surface area contributed by atoms with E-state index in [1.165, 1.54) is 16.8 Å². The lowest BCUT2D eigenvalue weighted by Gasteiger charge is -2.36. The normalized spacial score (nSPS) is 20.1. The number of hydrogen-bond acceptors (Lipinski definition) is 4. The van der Waals surface area contributed by atoms with Crippen LogP contribution in [-0.2, 0) is 13.1 Å². The summed E-state index contributed by atoms with van der Waals surface area (Å²) < 4.78 is 0. The van der Waals surface area contributed by atoms with Gasteiger partial charge in [-0.1, -0.05) is 35.9 Å². The van der Waals surface area contributed by atoms with Gasteiger partial charge in [-0.15, -0.1) is 24.0 Å². The number of likely N-dealkylation sites (tertiary alicyclic amines) is 1. The lowest BCUT2D eigenvalue weighted by Crippen LogP contribution is -2.51. The molecule has 6 nitrogen and oxygen atoms in total. The highest BCUT2D eigenvalue weighted by atomic mass is 127. The molecule has 0 radical (unpaired) electrons. The summed E-state index contributed by atoms with van der Waals surface area (Å²) in [7, 11) is 0. The highest BCUT2D eigenvalue weighted by Gasteiger charge is 2.21. The van der Waals surface area contributed by atoms with Crippen molar-refractivity contribution in [2.24, 2.45) is 10.7 Å². The van der Waals surface area contributed by atoms with Crippen LogP contribution in [0.1, 0.15) is 17.5 Å². The first kappa shape index (κ1) is 24.1. The van der Waals surface area contributed by atoms with Crippen molar-refractivity contribution in [3.05, 3.63) is 64.7 Å². The van der Waals surface area contributed by atoms with E-state index in [0.717, 1.165) is 57.3 Å². The lowest BCUT2D eigenvalue weighted by atomic mass is 10.1. The van der Waals surface area contributed by atoms with Gasteiger partial charge in [0.2, 0.25) is 0 Å². The Kier molecular flexibility index (Phi) is 8.83. The number of aliphatic imine (C=N–C) groups is 1. The van der Waals surface area contributed by atoms with Crippen LogP contribution >= 0.6 is 35.6 Å². The van der Waals surface area contributed by atoms with E-state index < -0.39 is 0 Å². The first-order valence-corrected chi connectivity index (χ1v) is 11.0. The summed E-state index contributed by atoms with van der Waals surface area (Å²) in [5.41, 5.74) is 9.97. The predicted octanol–water partition coefficient (Wildman–Crippen LogP) is 3.16. The van der Waals surface area contributed by atoms with Crippen molar-refractivity contribution in [1.82, 2.24) is 9.80 Å². The van der Waals surface area contributed by atoms with E-state index in [1.54, 1.807) is 0 Å². The third-order valence-corrected chi connectivity index (χ3v) is 6.22. The summed E-state index contributed by atoms with van der Waals surface area (Å²) in [6.45, 7) is 6.64. The van der Waals surface area contributed by atoms with Gasteiger partial charge in [0.05, 0.1) is 12.6 Å². The number of aliphatic hydroxyl groups is 1. The van der Waals surface area contributed by atoms with Gasteiger partial charge in [-0.05, 0) is 41.8 Å². The van der Waals surface area contributed by atoms with E-state index in [2.05, 4.69) is 45.0 Å². The molecule has 31 heavy (non-hydrogen) atoms. The number of hydrogen-bond donors (Lipinski definition) is 2. The van der Waals surface area contributed by atoms with Gasteiger partial charge in [-0.2, -0.15) is 0 Å². The molecule has 2 aliphatic rings. The minimum Gasteiger partial charge on any atom is -0.392 e. The largest absolute Gasteiger partial charge is 0.392 e. The zero-order valence-corrected chi connectivity index (χ0v) is 20.7. The summed E-state index contributed by atoms with van der Waals surface area (Å²) in [6.07, 6.45) is 0.660. The molecular weight excluding hydrogens is 525 g/mol. The van der Waals surface area contributed by atoms with E-state index in [1.807, 2.05) is 18.2 Å². The van der Waals surface area contributed by atoms with Crippen LogP contribution < -0.4 is 10.6 Å². The third kappa shape index (κ3) is 6.47. The molecule has 0 amide bonds. The number of guanidine groups is 1. The fraction of sp³-hybridized carbons (Fsp3) is 0.435. The van der Waals surface area contributed by atoms with Crippen LogP contribution in [0.2, 0.25) is 5.02 Å².